The molecule has 0 aromatic carbocycles. The van der Waals surface area contributed by atoms with E-state index in [-0.39, 0.29) is 11.9 Å². The van der Waals surface area contributed by atoms with Crippen LogP contribution in [0.2, 0.25) is 5.28 Å². The van der Waals surface area contributed by atoms with Gasteiger partial charge in [-0.1, -0.05) is 0 Å². The average molecular weight is 268 g/mol. The second-order valence-corrected chi connectivity index (χ2v) is 4.87. The molecular weight excluding hydrogens is 254 g/mol. The third-order valence-corrected chi connectivity index (χ3v) is 3.58. The maximum atomic E-state index is 9.15. The molecule has 6 nitrogen and oxygen atoms in total. The average Bonchev–Trinajstić information content (AvgIpc) is 2.86. The number of aliphatic hydroxyl groups excluding tert-OH is 1. The fourth-order valence-corrected chi connectivity index (χ4v) is 2.51. The molecule has 18 heavy (non-hydrogen) atoms. The van der Waals surface area contributed by atoms with Crippen LogP contribution in [0.15, 0.2) is 6.33 Å². The Bertz CT molecular complexity index is 549. The molecule has 1 fully saturated rings. The lowest BCUT2D eigenvalue weighted by Crippen LogP contribution is -2.35. The standard InChI is InChI=1S/C11H14ClN5O/c12-11-15-9-8(13-6-14-9)10(16-11)17-3-1-7(5-18)2-4-17/h6-7,18H,1-5H2,(H,13,14,15,16). The van der Waals surface area contributed by atoms with E-state index in [0.29, 0.717) is 11.6 Å². The molecule has 0 unspecified atom stereocenters. The maximum Gasteiger partial charge on any atom is 0.226 e. The summed E-state index contributed by atoms with van der Waals surface area (Å²) >= 11 is 5.91. The largest absolute Gasteiger partial charge is 0.396 e. The van der Waals surface area contributed by atoms with E-state index in [1.807, 2.05) is 0 Å². The van der Waals surface area contributed by atoms with Crippen molar-refractivity contribution in [3.05, 3.63) is 11.6 Å². The van der Waals surface area contributed by atoms with Crippen LogP contribution in [0, 0.1) is 5.92 Å². The number of aromatic nitrogens is 4. The fraction of sp³-hybridized carbons (Fsp3) is 0.545. The van der Waals surface area contributed by atoms with Crippen LogP contribution in [0.5, 0.6) is 0 Å². The minimum Gasteiger partial charge on any atom is -0.396 e. The van der Waals surface area contributed by atoms with Gasteiger partial charge in [0.2, 0.25) is 5.28 Å². The van der Waals surface area contributed by atoms with Crippen LogP contribution >= 0.6 is 11.6 Å². The lowest BCUT2D eigenvalue weighted by Gasteiger charge is -2.32. The SMILES string of the molecule is OCC1CCN(c2nc(Cl)nc3nc[nH]c23)CC1. The molecule has 2 aromatic rings. The molecule has 0 radical (unpaired) electrons. The number of rotatable bonds is 2. The number of anilines is 1. The molecule has 1 aliphatic rings. The number of imidazole rings is 1. The van der Waals surface area contributed by atoms with E-state index >= 15 is 0 Å². The molecule has 3 heterocycles. The molecule has 7 heteroatoms. The molecule has 0 atom stereocenters. The first kappa shape index (κ1) is 11.7. The van der Waals surface area contributed by atoms with E-state index in [1.54, 1.807) is 6.33 Å². The maximum absolute atomic E-state index is 9.15. The Morgan fingerprint density at radius 2 is 2.17 bits per heavy atom. The first-order chi connectivity index (χ1) is 8.78. The number of nitrogens with zero attached hydrogens (tertiary/aromatic N) is 4. The van der Waals surface area contributed by atoms with E-state index in [2.05, 4.69) is 24.8 Å². The monoisotopic (exact) mass is 267 g/mol. The van der Waals surface area contributed by atoms with Gasteiger partial charge in [0, 0.05) is 19.7 Å². The van der Waals surface area contributed by atoms with E-state index in [0.717, 1.165) is 37.3 Å². The summed E-state index contributed by atoms with van der Waals surface area (Å²) in [5.41, 5.74) is 1.41. The number of H-pyrrole nitrogens is 1. The summed E-state index contributed by atoms with van der Waals surface area (Å²) in [6.45, 7) is 2.00. The fourth-order valence-electron chi connectivity index (χ4n) is 2.35. The summed E-state index contributed by atoms with van der Waals surface area (Å²) in [4.78, 5) is 17.7. The van der Waals surface area contributed by atoms with E-state index in [1.165, 1.54) is 0 Å². The molecule has 1 saturated heterocycles. The summed E-state index contributed by atoms with van der Waals surface area (Å²) in [5, 5.41) is 9.37. The van der Waals surface area contributed by atoms with Crippen LogP contribution in [-0.2, 0) is 0 Å². The zero-order chi connectivity index (χ0) is 12.5. The number of hydrogen-bond acceptors (Lipinski definition) is 5. The van der Waals surface area contributed by atoms with Crippen molar-refractivity contribution in [2.24, 2.45) is 5.92 Å². The van der Waals surface area contributed by atoms with E-state index in [4.69, 9.17) is 16.7 Å². The summed E-state index contributed by atoms with van der Waals surface area (Å²) in [7, 11) is 0. The van der Waals surface area contributed by atoms with Gasteiger partial charge in [0.1, 0.15) is 5.52 Å². The van der Waals surface area contributed by atoms with Crippen molar-refractivity contribution in [1.29, 1.82) is 0 Å². The predicted octanol–water partition coefficient (Wildman–Crippen LogP) is 1.21. The second-order valence-electron chi connectivity index (χ2n) is 4.53. The predicted molar refractivity (Wildman–Crippen MR) is 68.7 cm³/mol. The van der Waals surface area contributed by atoms with Crippen molar-refractivity contribution in [3.63, 3.8) is 0 Å². The Morgan fingerprint density at radius 1 is 1.39 bits per heavy atom. The van der Waals surface area contributed by atoms with Gasteiger partial charge in [-0.05, 0) is 30.4 Å². The van der Waals surface area contributed by atoms with Crippen molar-refractivity contribution in [1.82, 2.24) is 19.9 Å². The third kappa shape index (κ3) is 2.02. The molecule has 3 rings (SSSR count). The third-order valence-electron chi connectivity index (χ3n) is 3.41. The van der Waals surface area contributed by atoms with Gasteiger partial charge < -0.3 is 15.0 Å². The molecule has 96 valence electrons. The summed E-state index contributed by atoms with van der Waals surface area (Å²) in [6, 6.07) is 0. The molecule has 0 saturated carbocycles. The Hall–Kier alpha value is -1.40. The normalized spacial score (nSPS) is 17.6. The minimum absolute atomic E-state index is 0.217. The van der Waals surface area contributed by atoms with Crippen LogP contribution < -0.4 is 4.90 Å². The highest BCUT2D eigenvalue weighted by Crippen LogP contribution is 2.27. The highest BCUT2D eigenvalue weighted by atomic mass is 35.5. The summed E-state index contributed by atoms with van der Waals surface area (Å²) in [6.07, 6.45) is 3.53. The molecule has 2 N–H and O–H groups in total. The first-order valence-electron chi connectivity index (χ1n) is 6.00. The molecule has 0 amide bonds. The molecular formula is C11H14ClN5O. The number of aromatic amines is 1. The number of aliphatic hydroxyl groups is 1. The van der Waals surface area contributed by atoms with Crippen molar-refractivity contribution in [2.75, 3.05) is 24.6 Å². The molecule has 0 bridgehead atoms. The van der Waals surface area contributed by atoms with Crippen molar-refractivity contribution < 1.29 is 5.11 Å². The topological polar surface area (TPSA) is 77.9 Å². The van der Waals surface area contributed by atoms with Gasteiger partial charge in [-0.2, -0.15) is 9.97 Å². The van der Waals surface area contributed by atoms with Gasteiger partial charge >= 0.3 is 0 Å². The number of halogens is 1. The zero-order valence-electron chi connectivity index (χ0n) is 9.80. The summed E-state index contributed by atoms with van der Waals surface area (Å²) in [5.74, 6) is 1.20. The van der Waals surface area contributed by atoms with Crippen LogP contribution in [0.3, 0.4) is 0 Å². The highest BCUT2D eigenvalue weighted by molar-refractivity contribution is 6.28. The Labute approximate surface area is 109 Å². The first-order valence-corrected chi connectivity index (χ1v) is 6.38. The molecule has 0 spiro atoms. The van der Waals surface area contributed by atoms with Gasteiger partial charge in [0.15, 0.2) is 11.5 Å². The quantitative estimate of drug-likeness (QED) is 0.800. The zero-order valence-corrected chi connectivity index (χ0v) is 10.6. The number of hydrogen-bond donors (Lipinski definition) is 2. The van der Waals surface area contributed by atoms with Crippen LogP contribution in [0.1, 0.15) is 12.8 Å². The van der Waals surface area contributed by atoms with Crippen LogP contribution in [-0.4, -0.2) is 44.7 Å². The number of piperidine rings is 1. The Morgan fingerprint density at radius 3 is 2.89 bits per heavy atom. The van der Waals surface area contributed by atoms with E-state index in [9.17, 15) is 0 Å². The molecule has 2 aromatic heterocycles. The Kier molecular flexibility index (Phi) is 3.05. The van der Waals surface area contributed by atoms with Gasteiger partial charge in [-0.3, -0.25) is 0 Å². The lowest BCUT2D eigenvalue weighted by molar-refractivity contribution is 0.203. The molecule has 1 aliphatic heterocycles. The van der Waals surface area contributed by atoms with Crippen molar-refractivity contribution in [2.45, 2.75) is 12.8 Å². The summed E-state index contributed by atoms with van der Waals surface area (Å²) < 4.78 is 0. The van der Waals surface area contributed by atoms with Crippen molar-refractivity contribution in [3.8, 4) is 0 Å². The molecule has 0 aliphatic carbocycles. The van der Waals surface area contributed by atoms with Gasteiger partial charge in [-0.25, -0.2) is 4.98 Å². The minimum atomic E-state index is 0.217. The van der Waals surface area contributed by atoms with Crippen LogP contribution in [0.25, 0.3) is 11.2 Å². The van der Waals surface area contributed by atoms with E-state index < -0.39 is 0 Å². The smallest absolute Gasteiger partial charge is 0.226 e. The van der Waals surface area contributed by atoms with Gasteiger partial charge in [0.25, 0.3) is 0 Å². The van der Waals surface area contributed by atoms with Gasteiger partial charge in [-0.15, -0.1) is 0 Å². The number of fused-ring (bicyclic) bond motifs is 1. The Balaban J connectivity index is 1.92. The van der Waals surface area contributed by atoms with Crippen LogP contribution in [0.4, 0.5) is 5.82 Å². The number of nitrogens with one attached hydrogen (secondary N) is 1. The van der Waals surface area contributed by atoms with Crippen molar-refractivity contribution >= 4 is 28.6 Å². The lowest BCUT2D eigenvalue weighted by atomic mass is 9.98. The highest BCUT2D eigenvalue weighted by Gasteiger charge is 2.22. The van der Waals surface area contributed by atoms with Gasteiger partial charge in [0.05, 0.1) is 6.33 Å². The second kappa shape index (κ2) is 4.70.